The zero-order valence-electron chi connectivity index (χ0n) is 17.6. The summed E-state index contributed by atoms with van der Waals surface area (Å²) in [4.78, 5) is 11.7. The minimum absolute atomic E-state index is 0.130. The second-order valence-corrected chi connectivity index (χ2v) is 10.6. The highest BCUT2D eigenvalue weighted by molar-refractivity contribution is 5.47. The number of aromatic nitrogens is 2. The molecule has 7 rings (SSSR count). The van der Waals surface area contributed by atoms with E-state index < -0.39 is 5.67 Å². The molecule has 1 aromatic heterocycles. The Kier molecular flexibility index (Phi) is 4.38. The van der Waals surface area contributed by atoms with Gasteiger partial charge in [-0.25, -0.2) is 14.4 Å². The van der Waals surface area contributed by atoms with Crippen molar-refractivity contribution < 1.29 is 4.39 Å². The summed E-state index contributed by atoms with van der Waals surface area (Å²) in [6, 6.07) is 10.6. The average Bonchev–Trinajstić information content (AvgIpc) is 2.71. The van der Waals surface area contributed by atoms with Gasteiger partial charge < -0.3 is 5.32 Å². The molecule has 0 amide bonds. The molecular weight excluding hydrogens is 375 g/mol. The predicted octanol–water partition coefficient (Wildman–Crippen LogP) is 4.76. The highest BCUT2D eigenvalue weighted by Crippen LogP contribution is 2.62. The van der Waals surface area contributed by atoms with E-state index in [2.05, 4.69) is 50.5 Å². The molecule has 158 valence electrons. The van der Waals surface area contributed by atoms with E-state index in [-0.39, 0.29) is 5.41 Å². The van der Waals surface area contributed by atoms with Crippen molar-refractivity contribution in [3.63, 3.8) is 0 Å². The highest BCUT2D eigenvalue weighted by atomic mass is 19.1. The zero-order chi connectivity index (χ0) is 20.2. The third kappa shape index (κ3) is 3.41. The first-order chi connectivity index (χ1) is 14.6. The smallest absolute Gasteiger partial charge is 0.132 e. The lowest BCUT2D eigenvalue weighted by Gasteiger charge is -2.59. The fraction of sp³-hybridized carbons (Fsp3) is 0.600. The van der Waals surface area contributed by atoms with Crippen molar-refractivity contribution in [2.45, 2.75) is 63.7 Å². The number of alkyl halides is 1. The van der Waals surface area contributed by atoms with Crippen molar-refractivity contribution in [2.24, 2.45) is 17.3 Å². The fourth-order valence-corrected chi connectivity index (χ4v) is 7.35. The first-order valence-corrected chi connectivity index (χ1v) is 11.6. The van der Waals surface area contributed by atoms with Gasteiger partial charge in [0.2, 0.25) is 0 Å². The fourth-order valence-electron chi connectivity index (χ4n) is 7.35. The summed E-state index contributed by atoms with van der Waals surface area (Å²) >= 11 is 0. The van der Waals surface area contributed by atoms with Crippen LogP contribution in [0.3, 0.4) is 0 Å². The van der Waals surface area contributed by atoms with E-state index in [0.717, 1.165) is 63.4 Å². The first kappa shape index (κ1) is 18.7. The molecule has 5 aliphatic rings. The van der Waals surface area contributed by atoms with Crippen LogP contribution in [0.2, 0.25) is 0 Å². The van der Waals surface area contributed by atoms with Crippen molar-refractivity contribution in [3.05, 3.63) is 53.5 Å². The molecule has 0 radical (unpaired) electrons. The van der Waals surface area contributed by atoms with Crippen molar-refractivity contribution in [1.82, 2.24) is 14.9 Å². The molecule has 4 fully saturated rings. The zero-order valence-corrected chi connectivity index (χ0v) is 17.6. The van der Waals surface area contributed by atoms with Crippen LogP contribution in [0.5, 0.6) is 0 Å². The number of nitrogens with one attached hydrogen (secondary N) is 1. The van der Waals surface area contributed by atoms with Crippen molar-refractivity contribution >= 4 is 5.82 Å². The average molecular weight is 407 g/mol. The van der Waals surface area contributed by atoms with Crippen LogP contribution >= 0.6 is 0 Å². The quantitative estimate of drug-likeness (QED) is 0.778. The van der Waals surface area contributed by atoms with E-state index in [1.165, 1.54) is 30.4 Å². The van der Waals surface area contributed by atoms with Gasteiger partial charge in [-0.15, -0.1) is 0 Å². The van der Waals surface area contributed by atoms with Crippen LogP contribution in [0, 0.1) is 17.3 Å². The van der Waals surface area contributed by atoms with E-state index in [1.54, 1.807) is 6.33 Å². The van der Waals surface area contributed by atoms with Gasteiger partial charge in [-0.05, 0) is 67.8 Å². The van der Waals surface area contributed by atoms with Crippen LogP contribution in [0.25, 0.3) is 0 Å². The Morgan fingerprint density at radius 3 is 2.63 bits per heavy atom. The minimum atomic E-state index is -0.894. The number of fused-ring (bicyclic) bond motifs is 1. The first-order valence-electron chi connectivity index (χ1n) is 11.6. The lowest BCUT2D eigenvalue weighted by Crippen LogP contribution is -2.55. The summed E-state index contributed by atoms with van der Waals surface area (Å²) in [5.74, 6) is 2.19. The Morgan fingerprint density at radius 2 is 1.87 bits per heavy atom. The van der Waals surface area contributed by atoms with Crippen molar-refractivity contribution in [1.29, 1.82) is 0 Å². The molecule has 1 aromatic carbocycles. The summed E-state index contributed by atoms with van der Waals surface area (Å²) < 4.78 is 15.3. The van der Waals surface area contributed by atoms with Crippen LogP contribution in [-0.2, 0) is 19.5 Å². The van der Waals surface area contributed by atoms with E-state index in [4.69, 9.17) is 0 Å². The molecule has 4 nitrogen and oxygen atoms in total. The van der Waals surface area contributed by atoms with Gasteiger partial charge >= 0.3 is 0 Å². The van der Waals surface area contributed by atoms with Gasteiger partial charge in [0.05, 0.1) is 5.69 Å². The Bertz CT molecular complexity index is 916. The molecule has 4 bridgehead atoms. The van der Waals surface area contributed by atoms with Crippen LogP contribution < -0.4 is 5.32 Å². The van der Waals surface area contributed by atoms with Crippen molar-refractivity contribution in [3.8, 4) is 0 Å². The lowest BCUT2D eigenvalue weighted by molar-refractivity contribution is -0.117. The number of nitrogens with zero attached hydrogens (tertiary/aromatic N) is 3. The largest absolute Gasteiger partial charge is 0.369 e. The van der Waals surface area contributed by atoms with Gasteiger partial charge in [-0.2, -0.15) is 0 Å². The summed E-state index contributed by atoms with van der Waals surface area (Å²) in [5.41, 5.74) is 2.98. The number of anilines is 1. The second-order valence-electron chi connectivity index (χ2n) is 10.6. The molecule has 1 aliphatic heterocycles. The minimum Gasteiger partial charge on any atom is -0.369 e. The molecule has 0 spiro atoms. The highest BCUT2D eigenvalue weighted by Gasteiger charge is 2.58. The monoisotopic (exact) mass is 406 g/mol. The molecule has 0 saturated heterocycles. The van der Waals surface area contributed by atoms with Crippen molar-refractivity contribution in [2.75, 3.05) is 18.4 Å². The Hall–Kier alpha value is -2.01. The third-order valence-electron chi connectivity index (χ3n) is 8.08. The normalized spacial score (nSPS) is 34.7. The number of hydrogen-bond donors (Lipinski definition) is 1. The maximum Gasteiger partial charge on any atom is 0.132 e. The van der Waals surface area contributed by atoms with E-state index in [1.807, 2.05) is 0 Å². The van der Waals surface area contributed by atoms with Crippen LogP contribution in [-0.4, -0.2) is 33.6 Å². The van der Waals surface area contributed by atoms with E-state index in [0.29, 0.717) is 11.8 Å². The summed E-state index contributed by atoms with van der Waals surface area (Å²) in [6.45, 7) is 3.71. The number of hydrogen-bond acceptors (Lipinski definition) is 4. The third-order valence-corrected chi connectivity index (χ3v) is 8.08. The van der Waals surface area contributed by atoms with Crippen LogP contribution in [0.4, 0.5) is 10.2 Å². The van der Waals surface area contributed by atoms with Crippen LogP contribution in [0.15, 0.2) is 36.7 Å². The Balaban J connectivity index is 1.16. The van der Waals surface area contributed by atoms with E-state index in [9.17, 15) is 0 Å². The van der Waals surface area contributed by atoms with Gasteiger partial charge in [0.25, 0.3) is 0 Å². The van der Waals surface area contributed by atoms with Gasteiger partial charge in [-0.3, -0.25) is 4.90 Å². The number of rotatable bonds is 5. The van der Waals surface area contributed by atoms with Gasteiger partial charge in [0, 0.05) is 31.7 Å². The SMILES string of the molecule is FC12C[C@H]3C[C@@H](C1)CC(CNc1ncnc4c1CCN(Cc1ccccc1)C4)(C3)C2. The standard InChI is InChI=1S/C25H31FN4/c26-25-11-19-8-20(12-25)10-24(9-19,15-25)16-27-23-21-6-7-30(14-22(21)28-17-29-23)13-18-4-2-1-3-5-18/h1-5,17,19-20H,6-16H2,(H,27,28,29)/t19-,20+,24?,25?. The molecule has 4 aliphatic carbocycles. The molecule has 30 heavy (non-hydrogen) atoms. The molecule has 1 N–H and O–H groups in total. The summed E-state index contributed by atoms with van der Waals surface area (Å²) in [7, 11) is 0. The van der Waals surface area contributed by atoms with Gasteiger partial charge in [-0.1, -0.05) is 30.3 Å². The molecule has 2 heterocycles. The van der Waals surface area contributed by atoms with E-state index >= 15 is 4.39 Å². The number of benzene rings is 1. The Labute approximate surface area is 178 Å². The summed E-state index contributed by atoms with van der Waals surface area (Å²) in [5, 5.41) is 3.68. The molecule has 5 heteroatoms. The van der Waals surface area contributed by atoms with Gasteiger partial charge in [0.1, 0.15) is 17.8 Å². The predicted molar refractivity (Wildman–Crippen MR) is 116 cm³/mol. The second kappa shape index (κ2) is 7.01. The lowest BCUT2D eigenvalue weighted by atomic mass is 9.48. The maximum atomic E-state index is 15.3. The van der Waals surface area contributed by atoms with Gasteiger partial charge in [0.15, 0.2) is 0 Å². The van der Waals surface area contributed by atoms with Crippen LogP contribution in [0.1, 0.15) is 55.3 Å². The topological polar surface area (TPSA) is 41.1 Å². The number of halogens is 1. The molecule has 4 atom stereocenters. The molecule has 4 saturated carbocycles. The maximum absolute atomic E-state index is 15.3. The molecule has 2 unspecified atom stereocenters. The Morgan fingerprint density at radius 1 is 1.07 bits per heavy atom. The molecular formula is C25H31FN4. The molecule has 2 aromatic rings. The summed E-state index contributed by atoms with van der Waals surface area (Å²) in [6.07, 6.45) is 8.68.